The van der Waals surface area contributed by atoms with Crippen LogP contribution in [0, 0.1) is 36.5 Å². The van der Waals surface area contributed by atoms with E-state index in [-0.39, 0.29) is 42.5 Å². The number of rotatable bonds is 5. The van der Waals surface area contributed by atoms with Crippen molar-refractivity contribution in [2.75, 3.05) is 23.5 Å². The van der Waals surface area contributed by atoms with E-state index >= 15 is 0 Å². The lowest BCUT2D eigenvalue weighted by atomic mass is 9.81. The average Bonchev–Trinajstić information content (AvgIpc) is 3.64. The van der Waals surface area contributed by atoms with Crippen LogP contribution in [0.1, 0.15) is 31.2 Å². The van der Waals surface area contributed by atoms with Crippen LogP contribution in [-0.4, -0.2) is 37.3 Å². The van der Waals surface area contributed by atoms with Gasteiger partial charge in [-0.25, -0.2) is 4.90 Å². The molecule has 36 heavy (non-hydrogen) atoms. The van der Waals surface area contributed by atoms with Crippen molar-refractivity contribution in [3.8, 4) is 11.5 Å². The van der Waals surface area contributed by atoms with Crippen molar-refractivity contribution < 1.29 is 28.7 Å². The molecule has 6 rings (SSSR count). The lowest BCUT2D eigenvalue weighted by Crippen LogP contribution is -2.33. The molecule has 186 valence electrons. The Morgan fingerprint density at radius 1 is 0.917 bits per heavy atom. The van der Waals surface area contributed by atoms with Crippen molar-refractivity contribution in [1.82, 2.24) is 0 Å². The summed E-state index contributed by atoms with van der Waals surface area (Å²) in [6.45, 7) is 2.05. The number of ether oxygens (including phenoxy) is 2. The minimum Gasteiger partial charge on any atom is -0.497 e. The number of aryl methyl sites for hydroxylation is 1. The number of benzene rings is 2. The van der Waals surface area contributed by atoms with Gasteiger partial charge in [0, 0.05) is 18.7 Å². The third-order valence-corrected chi connectivity index (χ3v) is 8.40. The number of fused-ring (bicyclic) bond motifs is 5. The number of anilines is 2. The molecule has 2 bridgehead atoms. The molecule has 3 amide bonds. The van der Waals surface area contributed by atoms with Crippen molar-refractivity contribution >= 4 is 35.1 Å². The quantitative estimate of drug-likeness (QED) is 0.363. The lowest BCUT2D eigenvalue weighted by Gasteiger charge is -2.20. The van der Waals surface area contributed by atoms with Gasteiger partial charge >= 0.3 is 5.97 Å². The predicted molar refractivity (Wildman–Crippen MR) is 131 cm³/mol. The molecule has 0 radical (unpaired) electrons. The maximum Gasteiger partial charge on any atom is 0.316 e. The van der Waals surface area contributed by atoms with E-state index in [1.165, 1.54) is 4.90 Å². The number of hydrogen-bond acceptors (Lipinski definition) is 6. The largest absolute Gasteiger partial charge is 0.497 e. The summed E-state index contributed by atoms with van der Waals surface area (Å²) in [7, 11) is 1.58. The predicted octanol–water partition coefficient (Wildman–Crippen LogP) is 3.50. The van der Waals surface area contributed by atoms with Crippen LogP contribution in [0.5, 0.6) is 11.5 Å². The molecule has 8 nitrogen and oxygen atoms in total. The normalized spacial score (nSPS) is 28.7. The fourth-order valence-corrected chi connectivity index (χ4v) is 6.67. The zero-order chi connectivity index (χ0) is 25.1. The van der Waals surface area contributed by atoms with Gasteiger partial charge in [0.15, 0.2) is 0 Å². The van der Waals surface area contributed by atoms with Crippen molar-refractivity contribution in [3.63, 3.8) is 0 Å². The third kappa shape index (κ3) is 3.50. The van der Waals surface area contributed by atoms with Crippen molar-refractivity contribution in [2.45, 2.75) is 32.6 Å². The maximum atomic E-state index is 13.2. The molecule has 0 N–H and O–H groups in total. The summed E-state index contributed by atoms with van der Waals surface area (Å²) in [4.78, 5) is 54.7. The van der Waals surface area contributed by atoms with Gasteiger partial charge in [0.05, 0.1) is 30.6 Å². The van der Waals surface area contributed by atoms with Crippen LogP contribution >= 0.6 is 0 Å². The molecule has 2 aliphatic carbocycles. The number of amides is 3. The summed E-state index contributed by atoms with van der Waals surface area (Å²) in [5, 5.41) is 0. The molecule has 2 heterocycles. The molecule has 2 aliphatic heterocycles. The van der Waals surface area contributed by atoms with Gasteiger partial charge in [-0.3, -0.25) is 19.2 Å². The zero-order valence-electron chi connectivity index (χ0n) is 20.3. The Balaban J connectivity index is 1.14. The van der Waals surface area contributed by atoms with Gasteiger partial charge in [-0.05, 0) is 86.1 Å². The standard InChI is InChI=1S/C28H28N2O6/c1-15-11-21(9-10-22(15)30-26(32)24-16-3-4-17(12-16)25(24)27(30)33)36-28(34)18-13-23(31)29(14-18)19-5-7-20(35-2)8-6-19/h5-11,16-18,24-25H,3-4,12-14H2,1-2H3/t16-,17-,18-,24-,25+/m0/s1. The minimum atomic E-state index is -0.587. The monoisotopic (exact) mass is 488 g/mol. The first-order chi connectivity index (χ1) is 17.4. The second-order valence-corrected chi connectivity index (χ2v) is 10.4. The van der Waals surface area contributed by atoms with Gasteiger partial charge in [0.1, 0.15) is 11.5 Å². The van der Waals surface area contributed by atoms with Crippen molar-refractivity contribution in [2.24, 2.45) is 29.6 Å². The minimum absolute atomic E-state index is 0.0732. The van der Waals surface area contributed by atoms with Gasteiger partial charge in [-0.15, -0.1) is 0 Å². The van der Waals surface area contributed by atoms with Crippen LogP contribution < -0.4 is 19.3 Å². The molecule has 2 aromatic carbocycles. The zero-order valence-corrected chi connectivity index (χ0v) is 20.3. The fraction of sp³-hybridized carbons (Fsp3) is 0.429. The van der Waals surface area contributed by atoms with Crippen molar-refractivity contribution in [3.05, 3.63) is 48.0 Å². The molecule has 5 atom stereocenters. The Labute approximate surface area is 209 Å². The number of esters is 1. The second-order valence-electron chi connectivity index (χ2n) is 10.4. The highest BCUT2D eigenvalue weighted by Gasteiger charge is 2.61. The van der Waals surface area contributed by atoms with Gasteiger partial charge in [0.2, 0.25) is 17.7 Å². The van der Waals surface area contributed by atoms with Gasteiger partial charge < -0.3 is 14.4 Å². The van der Waals surface area contributed by atoms with Crippen LogP contribution in [0.25, 0.3) is 0 Å². The lowest BCUT2D eigenvalue weighted by molar-refractivity contribution is -0.139. The van der Waals surface area contributed by atoms with Crippen LogP contribution in [0.4, 0.5) is 11.4 Å². The molecule has 2 saturated heterocycles. The molecule has 0 unspecified atom stereocenters. The summed E-state index contributed by atoms with van der Waals surface area (Å²) in [6.07, 6.45) is 3.14. The Morgan fingerprint density at radius 3 is 2.17 bits per heavy atom. The molecule has 0 spiro atoms. The first kappa shape index (κ1) is 22.8. The van der Waals surface area contributed by atoms with E-state index in [2.05, 4.69) is 0 Å². The van der Waals surface area contributed by atoms with E-state index in [9.17, 15) is 19.2 Å². The molecule has 8 heteroatoms. The summed E-state index contributed by atoms with van der Waals surface area (Å²) >= 11 is 0. The number of carbonyl (C=O) groups excluding carboxylic acids is 4. The van der Waals surface area contributed by atoms with Gasteiger partial charge in [0.25, 0.3) is 0 Å². The number of imide groups is 1. The first-order valence-corrected chi connectivity index (χ1v) is 12.5. The Kier molecular flexibility index (Phi) is 5.35. The first-order valence-electron chi connectivity index (χ1n) is 12.5. The smallest absolute Gasteiger partial charge is 0.316 e. The topological polar surface area (TPSA) is 93.2 Å². The van der Waals surface area contributed by atoms with Crippen molar-refractivity contribution in [1.29, 1.82) is 0 Å². The molecular weight excluding hydrogens is 460 g/mol. The Morgan fingerprint density at radius 2 is 1.56 bits per heavy atom. The summed E-state index contributed by atoms with van der Waals surface area (Å²) in [5.74, 6) is -0.0720. The van der Waals surface area contributed by atoms with Crippen LogP contribution in [0.15, 0.2) is 42.5 Å². The van der Waals surface area contributed by atoms with E-state index in [0.717, 1.165) is 19.3 Å². The molecule has 0 aromatic heterocycles. The van der Waals surface area contributed by atoms with Crippen LogP contribution in [-0.2, 0) is 19.2 Å². The molecule has 4 fully saturated rings. The number of methoxy groups -OCH3 is 1. The number of hydrogen-bond donors (Lipinski definition) is 0. The Bertz CT molecular complexity index is 1240. The van der Waals surface area contributed by atoms with Gasteiger partial charge in [-0.1, -0.05) is 0 Å². The number of carbonyl (C=O) groups is 4. The third-order valence-electron chi connectivity index (χ3n) is 8.40. The molecule has 4 aliphatic rings. The fourth-order valence-electron chi connectivity index (χ4n) is 6.67. The summed E-state index contributed by atoms with van der Waals surface area (Å²) in [5.41, 5.74) is 1.95. The summed E-state index contributed by atoms with van der Waals surface area (Å²) < 4.78 is 10.8. The van der Waals surface area contributed by atoms with E-state index in [4.69, 9.17) is 9.47 Å². The highest BCUT2D eigenvalue weighted by atomic mass is 16.5. The van der Waals surface area contributed by atoms with E-state index in [1.807, 2.05) is 0 Å². The van der Waals surface area contributed by atoms with E-state index in [0.29, 0.717) is 40.3 Å². The van der Waals surface area contributed by atoms with Crippen LogP contribution in [0.3, 0.4) is 0 Å². The van der Waals surface area contributed by atoms with Crippen LogP contribution in [0.2, 0.25) is 0 Å². The van der Waals surface area contributed by atoms with E-state index in [1.54, 1.807) is 61.4 Å². The molecule has 2 aromatic rings. The highest BCUT2D eigenvalue weighted by Crippen LogP contribution is 2.56. The maximum absolute atomic E-state index is 13.2. The molecule has 2 saturated carbocycles. The second kappa shape index (κ2) is 8.47. The number of nitrogens with zero attached hydrogens (tertiary/aromatic N) is 2. The van der Waals surface area contributed by atoms with E-state index < -0.39 is 11.9 Å². The van der Waals surface area contributed by atoms with Gasteiger partial charge in [-0.2, -0.15) is 0 Å². The molecular formula is C28H28N2O6. The summed E-state index contributed by atoms with van der Waals surface area (Å²) in [6, 6.07) is 12.1. The average molecular weight is 489 g/mol. The SMILES string of the molecule is COc1ccc(N2C[C@@H](C(=O)Oc3ccc(N4C(=O)[C@@H]5[C@H]6CC[C@@H](C6)[C@@H]5C4=O)c(C)c3)CC2=O)cc1. The Hall–Kier alpha value is -3.68. The highest BCUT2D eigenvalue weighted by molar-refractivity contribution is 6.23.